The smallest absolute Gasteiger partial charge is 0.281 e. The normalized spacial score (nSPS) is 19.8. The Bertz CT molecular complexity index is 1010. The molecule has 5 N–H and O–H groups in total. The molecule has 0 atom stereocenters. The van der Waals surface area contributed by atoms with Crippen LogP contribution in [0.3, 0.4) is 0 Å². The van der Waals surface area contributed by atoms with Gasteiger partial charge in [-0.25, -0.2) is 22.5 Å². The average molecular weight is 469 g/mol. The molecule has 1 amide bonds. The number of hydrogen-bond donors (Lipinski definition) is 4. The molecule has 8 nitrogen and oxygen atoms in total. The summed E-state index contributed by atoms with van der Waals surface area (Å²) >= 11 is 0. The van der Waals surface area contributed by atoms with Crippen molar-refractivity contribution in [2.75, 3.05) is 18.9 Å². The summed E-state index contributed by atoms with van der Waals surface area (Å²) in [7, 11) is 1.38. The van der Waals surface area contributed by atoms with Gasteiger partial charge in [-0.1, -0.05) is 6.07 Å². The summed E-state index contributed by atoms with van der Waals surface area (Å²) < 4.78 is 52.5. The molecular weight excluding hydrogens is 442 g/mol. The van der Waals surface area contributed by atoms with Gasteiger partial charge >= 0.3 is 0 Å². The Kier molecular flexibility index (Phi) is 8.12. The number of halogens is 4. The lowest BCUT2D eigenvalue weighted by Gasteiger charge is -2.30. The monoisotopic (exact) mass is 469 g/mol. The number of carbonyl (C=O) groups is 1. The number of rotatable bonds is 8. The molecule has 0 unspecified atom stereocenters. The van der Waals surface area contributed by atoms with Crippen molar-refractivity contribution < 1.29 is 22.4 Å². The number of amidine groups is 1. The van der Waals surface area contributed by atoms with E-state index in [-0.39, 0.29) is 29.2 Å². The zero-order valence-electron chi connectivity index (χ0n) is 18.1. The van der Waals surface area contributed by atoms with Crippen LogP contribution in [0.2, 0.25) is 0 Å². The number of aliphatic imine (C=N–C) groups is 1. The second-order valence-electron chi connectivity index (χ2n) is 7.70. The van der Waals surface area contributed by atoms with Crippen LogP contribution in [0.1, 0.15) is 37.8 Å². The molecule has 0 saturated heterocycles. The lowest BCUT2D eigenvalue weighted by atomic mass is 9.91. The predicted octanol–water partition coefficient (Wildman–Crippen LogP) is 2.84. The van der Waals surface area contributed by atoms with Crippen molar-refractivity contribution in [2.24, 2.45) is 10.7 Å². The second kappa shape index (κ2) is 11.0. The number of fused-ring (bicyclic) bond motifs is 1. The number of hydrogen-bond acceptors (Lipinski definition) is 5. The Morgan fingerprint density at radius 3 is 2.55 bits per heavy atom. The van der Waals surface area contributed by atoms with Gasteiger partial charge in [0.1, 0.15) is 23.0 Å². The zero-order valence-corrected chi connectivity index (χ0v) is 18.1. The summed E-state index contributed by atoms with van der Waals surface area (Å²) in [6.07, 6.45) is -0.0592. The maximum absolute atomic E-state index is 13.0. The van der Waals surface area contributed by atoms with Crippen molar-refractivity contribution in [2.45, 2.75) is 50.6 Å². The maximum atomic E-state index is 13.0. The number of nitrogens with two attached hydrogens (primary N) is 1. The van der Waals surface area contributed by atoms with Crippen LogP contribution in [0.4, 0.5) is 23.4 Å². The molecular formula is C21H27F4N7O. The van der Waals surface area contributed by atoms with Gasteiger partial charge in [0.25, 0.3) is 18.8 Å². The largest absolute Gasteiger partial charge is 0.404 e. The highest BCUT2D eigenvalue weighted by Gasteiger charge is 2.25. The molecule has 0 aliphatic heterocycles. The Labute approximate surface area is 188 Å². The van der Waals surface area contributed by atoms with E-state index in [1.54, 1.807) is 22.6 Å². The van der Waals surface area contributed by atoms with E-state index in [2.05, 4.69) is 25.9 Å². The highest BCUT2D eigenvalue weighted by Crippen LogP contribution is 2.25. The second-order valence-corrected chi connectivity index (χ2v) is 7.70. The van der Waals surface area contributed by atoms with Gasteiger partial charge < -0.3 is 21.7 Å². The van der Waals surface area contributed by atoms with Gasteiger partial charge in [0.2, 0.25) is 0 Å². The van der Waals surface area contributed by atoms with Crippen LogP contribution < -0.4 is 21.7 Å². The minimum atomic E-state index is -2.65. The van der Waals surface area contributed by atoms with Gasteiger partial charge in [-0.15, -0.1) is 0 Å². The van der Waals surface area contributed by atoms with Crippen molar-refractivity contribution in [3.05, 3.63) is 41.9 Å². The Morgan fingerprint density at radius 1 is 1.24 bits per heavy atom. The van der Waals surface area contributed by atoms with Crippen LogP contribution in [0.15, 0.2) is 41.2 Å². The molecule has 2 heterocycles. The van der Waals surface area contributed by atoms with E-state index in [0.717, 1.165) is 19.0 Å². The van der Waals surface area contributed by atoms with Gasteiger partial charge in [0, 0.05) is 31.5 Å². The third-order valence-corrected chi connectivity index (χ3v) is 5.46. The fourth-order valence-corrected chi connectivity index (χ4v) is 3.84. The number of nitrogens with zero attached hydrogens (tertiary/aromatic N) is 3. The SMILES string of the molecule is CN=C(NCC(F)F)/C(=C\N)C(=O)NC1CCC(Nc2cccc3nc(C(F)F)cn23)CC1. The highest BCUT2D eigenvalue weighted by atomic mass is 19.3. The molecule has 1 saturated carbocycles. The molecule has 0 bridgehead atoms. The molecule has 2 aromatic rings. The minimum Gasteiger partial charge on any atom is -0.404 e. The van der Waals surface area contributed by atoms with Gasteiger partial charge in [-0.2, -0.15) is 0 Å². The third-order valence-electron chi connectivity index (χ3n) is 5.46. The first kappa shape index (κ1) is 24.3. The van der Waals surface area contributed by atoms with Crippen LogP contribution in [-0.4, -0.2) is 53.2 Å². The fraction of sp³-hybridized carbons (Fsp3) is 0.476. The standard InChI is InChI=1S/C21H27F4N7O/c1-27-20(28-10-16(22)23)14(9-26)21(33)30-13-7-5-12(6-8-13)29-17-3-2-4-18-31-15(19(24)25)11-32(17)18/h2-4,9,11-13,16,19,29H,5-8,10,26H2,1H3,(H,27,28)(H,30,33)/b14-9+. The zero-order chi connectivity index (χ0) is 24.0. The van der Waals surface area contributed by atoms with E-state index in [4.69, 9.17) is 5.73 Å². The van der Waals surface area contributed by atoms with Crippen molar-refractivity contribution in [3.8, 4) is 0 Å². The number of alkyl halides is 4. The Morgan fingerprint density at radius 2 is 1.94 bits per heavy atom. The predicted molar refractivity (Wildman–Crippen MR) is 118 cm³/mol. The summed E-state index contributed by atoms with van der Waals surface area (Å²) in [5, 5.41) is 8.67. The summed E-state index contributed by atoms with van der Waals surface area (Å²) in [4.78, 5) is 20.4. The number of anilines is 1. The Balaban J connectivity index is 1.56. The van der Waals surface area contributed by atoms with Crippen LogP contribution in [-0.2, 0) is 4.79 Å². The molecule has 2 aromatic heterocycles. The van der Waals surface area contributed by atoms with E-state index in [1.807, 2.05) is 0 Å². The molecule has 33 heavy (non-hydrogen) atoms. The van der Waals surface area contributed by atoms with Gasteiger partial charge in [0.05, 0.1) is 12.1 Å². The van der Waals surface area contributed by atoms with Crippen molar-refractivity contribution in [3.63, 3.8) is 0 Å². The molecule has 0 spiro atoms. The van der Waals surface area contributed by atoms with E-state index in [9.17, 15) is 22.4 Å². The van der Waals surface area contributed by atoms with E-state index < -0.39 is 25.3 Å². The quantitative estimate of drug-likeness (QED) is 0.206. The fourth-order valence-electron chi connectivity index (χ4n) is 3.84. The molecule has 0 radical (unpaired) electrons. The van der Waals surface area contributed by atoms with Crippen molar-refractivity contribution >= 4 is 23.2 Å². The van der Waals surface area contributed by atoms with E-state index >= 15 is 0 Å². The molecule has 12 heteroatoms. The van der Waals surface area contributed by atoms with Gasteiger partial charge in [0.15, 0.2) is 0 Å². The van der Waals surface area contributed by atoms with Crippen LogP contribution in [0.5, 0.6) is 0 Å². The summed E-state index contributed by atoms with van der Waals surface area (Å²) in [5.74, 6) is 0.183. The lowest BCUT2D eigenvalue weighted by molar-refractivity contribution is -0.117. The van der Waals surface area contributed by atoms with E-state index in [1.165, 1.54) is 13.2 Å². The van der Waals surface area contributed by atoms with E-state index in [0.29, 0.717) is 24.3 Å². The van der Waals surface area contributed by atoms with Gasteiger partial charge in [-0.05, 0) is 37.8 Å². The summed E-state index contributed by atoms with van der Waals surface area (Å²) in [5.41, 5.74) is 5.70. The highest BCUT2D eigenvalue weighted by molar-refractivity contribution is 6.20. The average Bonchev–Trinajstić information content (AvgIpc) is 3.23. The first-order valence-corrected chi connectivity index (χ1v) is 10.6. The van der Waals surface area contributed by atoms with Crippen molar-refractivity contribution in [1.82, 2.24) is 20.0 Å². The first-order valence-electron chi connectivity index (χ1n) is 10.6. The van der Waals surface area contributed by atoms with Crippen molar-refractivity contribution in [1.29, 1.82) is 0 Å². The number of carbonyl (C=O) groups excluding carboxylic acids is 1. The molecule has 3 rings (SSSR count). The van der Waals surface area contributed by atoms with Crippen LogP contribution in [0, 0.1) is 0 Å². The topological polar surface area (TPSA) is 109 Å². The summed E-state index contributed by atoms with van der Waals surface area (Å²) in [6.45, 7) is -0.642. The summed E-state index contributed by atoms with van der Waals surface area (Å²) in [6, 6.07) is 5.19. The number of pyridine rings is 1. The number of amides is 1. The molecule has 180 valence electrons. The number of nitrogens with one attached hydrogen (secondary N) is 3. The molecule has 1 fully saturated rings. The number of aromatic nitrogens is 2. The van der Waals surface area contributed by atoms with Crippen LogP contribution >= 0.6 is 0 Å². The molecule has 1 aliphatic rings. The lowest BCUT2D eigenvalue weighted by Crippen LogP contribution is -2.44. The van der Waals surface area contributed by atoms with Crippen LogP contribution in [0.25, 0.3) is 5.65 Å². The minimum absolute atomic E-state index is 0.0000169. The molecule has 1 aliphatic carbocycles. The number of imidazole rings is 1. The Hall–Kier alpha value is -3.31. The molecule has 0 aromatic carbocycles. The first-order chi connectivity index (χ1) is 15.8. The maximum Gasteiger partial charge on any atom is 0.281 e. The third kappa shape index (κ3) is 6.14. The van der Waals surface area contributed by atoms with Gasteiger partial charge in [-0.3, -0.25) is 14.2 Å².